The number of hydrogen-bond donors (Lipinski definition) is 1. The summed E-state index contributed by atoms with van der Waals surface area (Å²) in [5.74, 6) is 1.01. The molecule has 0 bridgehead atoms. The summed E-state index contributed by atoms with van der Waals surface area (Å²) in [5.41, 5.74) is 1.25. The standard InChI is InChI=1S/C17H19ClN6O.ClH/c1-22-6-5-20-17(22)14-9-19-4-7-23(14)11-13-8-16(25)24-10-12(18)2-3-15(24)21-13;/h2-3,5-6,8,10,14,19H,4,7,9,11H2,1H3;1H. The van der Waals surface area contributed by atoms with Crippen LogP contribution >= 0.6 is 24.0 Å². The molecule has 0 aliphatic carbocycles. The first-order valence-electron chi connectivity index (χ1n) is 8.21. The molecule has 1 atom stereocenters. The summed E-state index contributed by atoms with van der Waals surface area (Å²) >= 11 is 5.97. The maximum Gasteiger partial charge on any atom is 0.258 e. The van der Waals surface area contributed by atoms with Gasteiger partial charge in [0, 0.05) is 57.9 Å². The van der Waals surface area contributed by atoms with Crippen molar-refractivity contribution >= 4 is 29.7 Å². The molecule has 3 aromatic heterocycles. The average Bonchev–Trinajstić information content (AvgIpc) is 3.02. The molecular formula is C17H20Cl2N6O. The van der Waals surface area contributed by atoms with Crippen LogP contribution in [0.4, 0.5) is 0 Å². The van der Waals surface area contributed by atoms with Crippen molar-refractivity contribution in [3.8, 4) is 0 Å². The number of pyridine rings is 1. The number of aryl methyl sites for hydroxylation is 1. The number of piperazine rings is 1. The summed E-state index contributed by atoms with van der Waals surface area (Å²) in [7, 11) is 2.00. The average molecular weight is 395 g/mol. The molecule has 1 unspecified atom stereocenters. The van der Waals surface area contributed by atoms with Crippen molar-refractivity contribution in [3.05, 3.63) is 63.7 Å². The number of fused-ring (bicyclic) bond motifs is 1. The van der Waals surface area contributed by atoms with Gasteiger partial charge in [-0.05, 0) is 12.1 Å². The van der Waals surface area contributed by atoms with Crippen molar-refractivity contribution in [1.29, 1.82) is 0 Å². The second-order valence-corrected chi connectivity index (χ2v) is 6.68. The van der Waals surface area contributed by atoms with E-state index in [1.54, 1.807) is 24.4 Å². The van der Waals surface area contributed by atoms with Crippen LogP contribution < -0.4 is 10.9 Å². The predicted molar refractivity (Wildman–Crippen MR) is 103 cm³/mol. The van der Waals surface area contributed by atoms with E-state index in [0.29, 0.717) is 17.2 Å². The monoisotopic (exact) mass is 394 g/mol. The third-order valence-corrected chi connectivity index (χ3v) is 4.78. The zero-order valence-corrected chi connectivity index (χ0v) is 15.9. The van der Waals surface area contributed by atoms with Gasteiger partial charge in [0.25, 0.3) is 5.56 Å². The minimum atomic E-state index is -0.119. The summed E-state index contributed by atoms with van der Waals surface area (Å²) in [6.45, 7) is 3.21. The van der Waals surface area contributed by atoms with Crippen molar-refractivity contribution in [2.24, 2.45) is 7.05 Å². The number of halogens is 2. The summed E-state index contributed by atoms with van der Waals surface area (Å²) in [5, 5.41) is 3.93. The minimum Gasteiger partial charge on any atom is -0.337 e. The first-order chi connectivity index (χ1) is 12.1. The van der Waals surface area contributed by atoms with Crippen LogP contribution in [0.2, 0.25) is 5.02 Å². The maximum atomic E-state index is 12.4. The molecule has 4 heterocycles. The van der Waals surface area contributed by atoms with E-state index in [0.717, 1.165) is 31.2 Å². The van der Waals surface area contributed by atoms with E-state index in [2.05, 4.69) is 20.2 Å². The lowest BCUT2D eigenvalue weighted by molar-refractivity contribution is 0.143. The lowest BCUT2D eigenvalue weighted by atomic mass is 10.1. The quantitative estimate of drug-likeness (QED) is 0.731. The number of hydrogen-bond acceptors (Lipinski definition) is 5. The van der Waals surface area contributed by atoms with Crippen LogP contribution in [0.5, 0.6) is 0 Å². The van der Waals surface area contributed by atoms with Gasteiger partial charge in [0.1, 0.15) is 11.5 Å². The fourth-order valence-electron chi connectivity index (χ4n) is 3.30. The van der Waals surface area contributed by atoms with Gasteiger partial charge in [-0.2, -0.15) is 0 Å². The maximum absolute atomic E-state index is 12.4. The SMILES string of the molecule is Cl.Cn1ccnc1C1CNCCN1Cc1cc(=O)n2cc(Cl)ccc2n1. The van der Waals surface area contributed by atoms with Crippen LogP contribution in [0.3, 0.4) is 0 Å². The van der Waals surface area contributed by atoms with E-state index in [9.17, 15) is 4.79 Å². The fourth-order valence-corrected chi connectivity index (χ4v) is 3.46. The second-order valence-electron chi connectivity index (χ2n) is 6.25. The summed E-state index contributed by atoms with van der Waals surface area (Å²) in [6.07, 6.45) is 5.36. The molecule has 1 fully saturated rings. The number of nitrogens with one attached hydrogen (secondary N) is 1. The van der Waals surface area contributed by atoms with Gasteiger partial charge in [0.15, 0.2) is 0 Å². The van der Waals surface area contributed by atoms with Crippen LogP contribution in [-0.2, 0) is 13.6 Å². The molecule has 7 nitrogen and oxygen atoms in total. The van der Waals surface area contributed by atoms with Crippen molar-refractivity contribution in [2.75, 3.05) is 19.6 Å². The molecule has 26 heavy (non-hydrogen) atoms. The van der Waals surface area contributed by atoms with Crippen LogP contribution in [0.15, 0.2) is 41.6 Å². The van der Waals surface area contributed by atoms with Gasteiger partial charge in [-0.25, -0.2) is 9.97 Å². The van der Waals surface area contributed by atoms with Gasteiger partial charge in [0.2, 0.25) is 0 Å². The third-order valence-electron chi connectivity index (χ3n) is 4.55. The van der Waals surface area contributed by atoms with Crippen molar-refractivity contribution in [2.45, 2.75) is 12.6 Å². The van der Waals surface area contributed by atoms with Gasteiger partial charge in [-0.15, -0.1) is 12.4 Å². The van der Waals surface area contributed by atoms with Crippen molar-refractivity contribution in [1.82, 2.24) is 29.2 Å². The first-order valence-corrected chi connectivity index (χ1v) is 8.59. The van der Waals surface area contributed by atoms with E-state index in [-0.39, 0.29) is 24.0 Å². The Kier molecular flexibility index (Phi) is 5.62. The summed E-state index contributed by atoms with van der Waals surface area (Å²) in [4.78, 5) is 23.8. The Labute approximate surface area is 162 Å². The molecule has 0 aromatic carbocycles. The first kappa shape index (κ1) is 18.8. The molecule has 4 rings (SSSR count). The van der Waals surface area contributed by atoms with Crippen molar-refractivity contribution < 1.29 is 0 Å². The zero-order valence-electron chi connectivity index (χ0n) is 14.3. The van der Waals surface area contributed by atoms with E-state index in [4.69, 9.17) is 11.6 Å². The fraction of sp³-hybridized carbons (Fsp3) is 0.353. The Bertz CT molecular complexity index is 969. The highest BCUT2D eigenvalue weighted by Gasteiger charge is 2.27. The zero-order chi connectivity index (χ0) is 17.4. The molecule has 1 saturated heterocycles. The largest absolute Gasteiger partial charge is 0.337 e. The molecule has 1 aliphatic heterocycles. The predicted octanol–water partition coefficient (Wildman–Crippen LogP) is 1.65. The van der Waals surface area contributed by atoms with E-state index in [1.165, 1.54) is 4.40 Å². The van der Waals surface area contributed by atoms with Gasteiger partial charge in [0.05, 0.1) is 16.8 Å². The number of aromatic nitrogens is 4. The van der Waals surface area contributed by atoms with Crippen LogP contribution in [0.1, 0.15) is 17.6 Å². The van der Waals surface area contributed by atoms with Crippen LogP contribution in [0.25, 0.3) is 5.65 Å². The second kappa shape index (κ2) is 7.75. The highest BCUT2D eigenvalue weighted by molar-refractivity contribution is 6.30. The number of imidazole rings is 1. The molecule has 3 aromatic rings. The van der Waals surface area contributed by atoms with Gasteiger partial charge in [-0.3, -0.25) is 14.1 Å². The van der Waals surface area contributed by atoms with Crippen LogP contribution in [-0.4, -0.2) is 43.5 Å². The summed E-state index contributed by atoms with van der Waals surface area (Å²) < 4.78 is 3.51. The van der Waals surface area contributed by atoms with Gasteiger partial charge in [-0.1, -0.05) is 11.6 Å². The number of rotatable bonds is 3. The lowest BCUT2D eigenvalue weighted by Gasteiger charge is -2.35. The molecule has 1 aliphatic rings. The molecular weight excluding hydrogens is 375 g/mol. The minimum absolute atomic E-state index is 0. The lowest BCUT2D eigenvalue weighted by Crippen LogP contribution is -2.46. The van der Waals surface area contributed by atoms with Gasteiger partial charge < -0.3 is 9.88 Å². The topological polar surface area (TPSA) is 67.5 Å². The molecule has 0 amide bonds. The molecule has 0 radical (unpaired) electrons. The molecule has 0 saturated carbocycles. The Morgan fingerprint density at radius 2 is 2.23 bits per heavy atom. The Balaban J connectivity index is 0.00000196. The van der Waals surface area contributed by atoms with E-state index in [1.807, 2.05) is 24.0 Å². The molecule has 138 valence electrons. The third kappa shape index (κ3) is 3.61. The van der Waals surface area contributed by atoms with Gasteiger partial charge >= 0.3 is 0 Å². The molecule has 1 N–H and O–H groups in total. The highest BCUT2D eigenvalue weighted by atomic mass is 35.5. The summed E-state index contributed by atoms with van der Waals surface area (Å²) in [6, 6.07) is 5.25. The Hall–Kier alpha value is -1.93. The number of nitrogens with zero attached hydrogens (tertiary/aromatic N) is 5. The Morgan fingerprint density at radius 1 is 1.38 bits per heavy atom. The smallest absolute Gasteiger partial charge is 0.258 e. The highest BCUT2D eigenvalue weighted by Crippen LogP contribution is 2.22. The van der Waals surface area contributed by atoms with E-state index >= 15 is 0 Å². The Morgan fingerprint density at radius 3 is 3.00 bits per heavy atom. The van der Waals surface area contributed by atoms with E-state index < -0.39 is 0 Å². The molecule has 9 heteroatoms. The normalized spacial score (nSPS) is 18.0. The molecule has 0 spiro atoms. The van der Waals surface area contributed by atoms with Crippen LogP contribution in [0, 0.1) is 0 Å². The van der Waals surface area contributed by atoms with Crippen molar-refractivity contribution in [3.63, 3.8) is 0 Å².